The van der Waals surface area contributed by atoms with E-state index in [1.54, 1.807) is 19.1 Å². The maximum absolute atomic E-state index is 13.1. The summed E-state index contributed by atoms with van der Waals surface area (Å²) >= 11 is 5.83. The number of aliphatic hydroxyl groups is 1. The van der Waals surface area contributed by atoms with Crippen LogP contribution in [-0.4, -0.2) is 28.7 Å². The molecule has 1 N–H and O–H groups in total. The molecular formula is C11H13ClFNO. The summed E-state index contributed by atoms with van der Waals surface area (Å²) in [6.45, 7) is 3.60. The fraction of sp³-hybridized carbons (Fsp3) is 0.455. The summed E-state index contributed by atoms with van der Waals surface area (Å²) in [5.41, 5.74) is 0.173. The van der Waals surface area contributed by atoms with Gasteiger partial charge in [0.25, 0.3) is 0 Å². The fourth-order valence-corrected chi connectivity index (χ4v) is 2.13. The molecule has 1 aliphatic heterocycles. The van der Waals surface area contributed by atoms with Crippen molar-refractivity contribution < 1.29 is 9.50 Å². The first-order valence-corrected chi connectivity index (χ1v) is 5.23. The van der Waals surface area contributed by atoms with E-state index in [2.05, 4.69) is 0 Å². The molecule has 1 aromatic rings. The molecular weight excluding hydrogens is 217 g/mol. The van der Waals surface area contributed by atoms with Crippen molar-refractivity contribution in [2.75, 3.05) is 13.1 Å². The first kappa shape index (κ1) is 10.9. The van der Waals surface area contributed by atoms with Crippen molar-refractivity contribution in [1.82, 2.24) is 4.90 Å². The Hall–Kier alpha value is -0.640. The molecule has 2 rings (SSSR count). The molecule has 0 amide bonds. The number of benzene rings is 1. The monoisotopic (exact) mass is 229 g/mol. The van der Waals surface area contributed by atoms with Crippen LogP contribution in [0.4, 0.5) is 4.39 Å². The normalized spacial score (nSPS) is 20.0. The smallest absolute Gasteiger partial charge is 0.142 e. The SMILES string of the molecule is CC1(O)CN(Cc2cccc(F)c2Cl)C1. The summed E-state index contributed by atoms with van der Waals surface area (Å²) in [4.78, 5) is 2.03. The first-order valence-electron chi connectivity index (χ1n) is 4.85. The van der Waals surface area contributed by atoms with Gasteiger partial charge in [-0.2, -0.15) is 0 Å². The zero-order chi connectivity index (χ0) is 11.1. The van der Waals surface area contributed by atoms with E-state index in [1.807, 2.05) is 4.90 Å². The molecule has 0 saturated carbocycles. The topological polar surface area (TPSA) is 23.5 Å². The average Bonchev–Trinajstić information content (AvgIpc) is 2.10. The molecule has 1 aliphatic rings. The van der Waals surface area contributed by atoms with Gasteiger partial charge in [-0.1, -0.05) is 23.7 Å². The van der Waals surface area contributed by atoms with E-state index in [0.29, 0.717) is 19.6 Å². The highest BCUT2D eigenvalue weighted by atomic mass is 35.5. The minimum atomic E-state index is -0.597. The van der Waals surface area contributed by atoms with E-state index < -0.39 is 5.60 Å². The lowest BCUT2D eigenvalue weighted by molar-refractivity contribution is -0.0871. The largest absolute Gasteiger partial charge is 0.388 e. The van der Waals surface area contributed by atoms with E-state index in [4.69, 9.17) is 11.6 Å². The zero-order valence-corrected chi connectivity index (χ0v) is 9.26. The Kier molecular flexibility index (Phi) is 2.71. The molecule has 0 radical (unpaired) electrons. The van der Waals surface area contributed by atoms with E-state index in [0.717, 1.165) is 5.56 Å². The molecule has 15 heavy (non-hydrogen) atoms. The zero-order valence-electron chi connectivity index (χ0n) is 8.50. The molecule has 0 spiro atoms. The Morgan fingerprint density at radius 3 is 2.80 bits per heavy atom. The van der Waals surface area contributed by atoms with Crippen LogP contribution in [0.25, 0.3) is 0 Å². The third-order valence-corrected chi connectivity index (χ3v) is 2.98. The van der Waals surface area contributed by atoms with Crippen LogP contribution in [-0.2, 0) is 6.54 Å². The number of hydrogen-bond donors (Lipinski definition) is 1. The maximum atomic E-state index is 13.1. The molecule has 0 atom stereocenters. The van der Waals surface area contributed by atoms with Crippen molar-refractivity contribution in [3.63, 3.8) is 0 Å². The minimum absolute atomic E-state index is 0.184. The predicted molar refractivity (Wildman–Crippen MR) is 57.3 cm³/mol. The van der Waals surface area contributed by atoms with Gasteiger partial charge in [-0.05, 0) is 18.6 Å². The molecule has 1 saturated heterocycles. The number of likely N-dealkylation sites (tertiary alicyclic amines) is 1. The van der Waals surface area contributed by atoms with E-state index in [-0.39, 0.29) is 10.8 Å². The van der Waals surface area contributed by atoms with Crippen molar-refractivity contribution in [2.45, 2.75) is 19.1 Å². The van der Waals surface area contributed by atoms with Crippen molar-refractivity contribution in [1.29, 1.82) is 0 Å². The second kappa shape index (κ2) is 3.74. The van der Waals surface area contributed by atoms with E-state index >= 15 is 0 Å². The third kappa shape index (κ3) is 2.30. The maximum Gasteiger partial charge on any atom is 0.142 e. The van der Waals surface area contributed by atoms with Crippen LogP contribution in [0.2, 0.25) is 5.02 Å². The molecule has 0 bridgehead atoms. The average molecular weight is 230 g/mol. The summed E-state index contributed by atoms with van der Waals surface area (Å²) in [6.07, 6.45) is 0. The molecule has 1 heterocycles. The number of hydrogen-bond acceptors (Lipinski definition) is 2. The quantitative estimate of drug-likeness (QED) is 0.839. The number of nitrogens with zero attached hydrogens (tertiary/aromatic N) is 1. The number of β-amino-alcohol motifs (C(OH)–C–C–N with tert-alkyl or cyclic N) is 1. The highest BCUT2D eigenvalue weighted by Gasteiger charge is 2.36. The fourth-order valence-electron chi connectivity index (χ4n) is 1.94. The highest BCUT2D eigenvalue weighted by Crippen LogP contribution is 2.26. The van der Waals surface area contributed by atoms with Gasteiger partial charge in [0.2, 0.25) is 0 Å². The lowest BCUT2D eigenvalue weighted by atomic mass is 9.96. The molecule has 82 valence electrons. The Morgan fingerprint density at radius 1 is 1.53 bits per heavy atom. The van der Waals surface area contributed by atoms with Crippen molar-refractivity contribution in [3.05, 3.63) is 34.6 Å². The second-order valence-corrected chi connectivity index (χ2v) is 4.73. The number of rotatable bonds is 2. The Labute approximate surface area is 93.3 Å². The van der Waals surface area contributed by atoms with Crippen LogP contribution in [0.1, 0.15) is 12.5 Å². The van der Waals surface area contributed by atoms with E-state index in [1.165, 1.54) is 6.07 Å². The summed E-state index contributed by atoms with van der Waals surface area (Å²) in [6, 6.07) is 4.80. The summed E-state index contributed by atoms with van der Waals surface area (Å²) in [5.74, 6) is -0.388. The van der Waals surface area contributed by atoms with Gasteiger partial charge in [-0.3, -0.25) is 4.90 Å². The standard InChI is InChI=1S/C11H13ClFNO/c1-11(15)6-14(7-11)5-8-3-2-4-9(13)10(8)12/h2-4,15H,5-7H2,1H3. The first-order chi connectivity index (χ1) is 6.98. The minimum Gasteiger partial charge on any atom is -0.388 e. The van der Waals surface area contributed by atoms with Gasteiger partial charge in [0.1, 0.15) is 5.82 Å². The van der Waals surface area contributed by atoms with E-state index in [9.17, 15) is 9.50 Å². The highest BCUT2D eigenvalue weighted by molar-refractivity contribution is 6.31. The van der Waals surface area contributed by atoms with Crippen LogP contribution < -0.4 is 0 Å². The van der Waals surface area contributed by atoms with Gasteiger partial charge < -0.3 is 5.11 Å². The van der Waals surface area contributed by atoms with Gasteiger partial charge in [0.15, 0.2) is 0 Å². The van der Waals surface area contributed by atoms with Gasteiger partial charge in [-0.15, -0.1) is 0 Å². The third-order valence-electron chi connectivity index (χ3n) is 2.55. The van der Waals surface area contributed by atoms with Crippen molar-refractivity contribution in [2.24, 2.45) is 0 Å². The lowest BCUT2D eigenvalue weighted by Gasteiger charge is -2.44. The summed E-state index contributed by atoms with van der Waals surface area (Å²) < 4.78 is 13.1. The Morgan fingerprint density at radius 2 is 2.20 bits per heavy atom. The molecule has 1 fully saturated rings. The van der Waals surface area contributed by atoms with Gasteiger partial charge >= 0.3 is 0 Å². The molecule has 4 heteroatoms. The lowest BCUT2D eigenvalue weighted by Crippen LogP contribution is -2.59. The van der Waals surface area contributed by atoms with Crippen LogP contribution >= 0.6 is 11.6 Å². The van der Waals surface area contributed by atoms with Crippen molar-refractivity contribution >= 4 is 11.6 Å². The molecule has 1 aromatic carbocycles. The van der Waals surface area contributed by atoms with Crippen molar-refractivity contribution in [3.8, 4) is 0 Å². The Balaban J connectivity index is 2.03. The molecule has 0 aromatic heterocycles. The number of halogens is 2. The summed E-state index contributed by atoms with van der Waals surface area (Å²) in [5, 5.41) is 9.72. The van der Waals surface area contributed by atoms with Crippen LogP contribution in [0.15, 0.2) is 18.2 Å². The van der Waals surface area contributed by atoms with Crippen LogP contribution in [0, 0.1) is 5.82 Å². The summed E-state index contributed by atoms with van der Waals surface area (Å²) in [7, 11) is 0. The van der Waals surface area contributed by atoms with Gasteiger partial charge in [0, 0.05) is 19.6 Å². The second-order valence-electron chi connectivity index (χ2n) is 4.36. The predicted octanol–water partition coefficient (Wildman–Crippen LogP) is 2.05. The van der Waals surface area contributed by atoms with Crippen LogP contribution in [0.5, 0.6) is 0 Å². The van der Waals surface area contributed by atoms with Crippen LogP contribution in [0.3, 0.4) is 0 Å². The van der Waals surface area contributed by atoms with Gasteiger partial charge in [0.05, 0.1) is 10.6 Å². The molecule has 0 unspecified atom stereocenters. The molecule has 0 aliphatic carbocycles. The Bertz CT molecular complexity index is 373. The molecule has 2 nitrogen and oxygen atoms in total. The van der Waals surface area contributed by atoms with Gasteiger partial charge in [-0.25, -0.2) is 4.39 Å².